The summed E-state index contributed by atoms with van der Waals surface area (Å²) >= 11 is 0. The van der Waals surface area contributed by atoms with E-state index < -0.39 is 17.3 Å². The van der Waals surface area contributed by atoms with Gasteiger partial charge in [-0.15, -0.1) is 0 Å². The highest BCUT2D eigenvalue weighted by Crippen LogP contribution is 2.35. The van der Waals surface area contributed by atoms with E-state index in [0.717, 1.165) is 40.4 Å². The lowest BCUT2D eigenvalue weighted by Gasteiger charge is -2.16. The van der Waals surface area contributed by atoms with Crippen LogP contribution < -0.4 is 5.69 Å². The number of carbonyl (C=O) groups is 1. The predicted octanol–water partition coefficient (Wildman–Crippen LogP) is 3.71. The van der Waals surface area contributed by atoms with Crippen LogP contribution in [-0.4, -0.2) is 43.6 Å². The Morgan fingerprint density at radius 3 is 2.73 bits per heavy atom. The summed E-state index contributed by atoms with van der Waals surface area (Å²) < 4.78 is 31.5. The maximum absolute atomic E-state index is 15.3. The third kappa shape index (κ3) is 3.35. The molecular weight excluding hydrogens is 428 g/mol. The second-order valence-corrected chi connectivity index (χ2v) is 8.83. The monoisotopic (exact) mass is 449 g/mol. The Kier molecular flexibility index (Phi) is 4.46. The van der Waals surface area contributed by atoms with Crippen LogP contribution in [0.4, 0.5) is 8.78 Å². The molecule has 33 heavy (non-hydrogen) atoms. The molecule has 6 rings (SSSR count). The van der Waals surface area contributed by atoms with Crippen LogP contribution in [0, 0.1) is 17.6 Å². The van der Waals surface area contributed by atoms with Gasteiger partial charge in [-0.05, 0) is 48.4 Å². The second kappa shape index (κ2) is 7.40. The molecule has 1 aliphatic heterocycles. The molecule has 1 atom stereocenters. The Morgan fingerprint density at radius 2 is 1.91 bits per heavy atom. The van der Waals surface area contributed by atoms with Crippen molar-refractivity contribution in [2.75, 3.05) is 13.1 Å². The number of rotatable bonds is 4. The van der Waals surface area contributed by atoms with Crippen molar-refractivity contribution in [1.29, 1.82) is 0 Å². The van der Waals surface area contributed by atoms with E-state index in [4.69, 9.17) is 0 Å². The number of fused-ring (bicyclic) bond motifs is 1. The first-order chi connectivity index (χ1) is 16.0. The molecule has 1 aliphatic carbocycles. The molecule has 4 aromatic rings. The predicted molar refractivity (Wildman–Crippen MR) is 118 cm³/mol. The van der Waals surface area contributed by atoms with E-state index in [-0.39, 0.29) is 29.0 Å². The van der Waals surface area contributed by atoms with Gasteiger partial charge in [0.1, 0.15) is 17.5 Å². The summed E-state index contributed by atoms with van der Waals surface area (Å²) in [5.41, 5.74) is 0.607. The number of likely N-dealkylation sites (tertiary alicyclic amines) is 1. The molecule has 1 unspecified atom stereocenters. The fourth-order valence-corrected chi connectivity index (χ4v) is 4.72. The maximum atomic E-state index is 15.3. The third-order valence-electron chi connectivity index (χ3n) is 6.63. The van der Waals surface area contributed by atoms with E-state index in [1.165, 1.54) is 0 Å². The summed E-state index contributed by atoms with van der Waals surface area (Å²) in [6.07, 6.45) is 4.23. The van der Waals surface area contributed by atoms with Gasteiger partial charge in [0, 0.05) is 48.3 Å². The molecule has 9 heteroatoms. The molecule has 2 aliphatic rings. The molecule has 3 heterocycles. The molecular formula is C24H21F2N5O2. The van der Waals surface area contributed by atoms with Crippen molar-refractivity contribution in [2.24, 2.45) is 5.92 Å². The summed E-state index contributed by atoms with van der Waals surface area (Å²) in [5, 5.41) is 7.43. The highest BCUT2D eigenvalue weighted by Gasteiger charge is 2.38. The normalized spacial score (nSPS) is 18.4. The zero-order valence-corrected chi connectivity index (χ0v) is 17.6. The molecule has 1 saturated carbocycles. The maximum Gasteiger partial charge on any atom is 0.348 e. The number of benzene rings is 2. The minimum absolute atomic E-state index is 0.105. The lowest BCUT2D eigenvalue weighted by atomic mass is 10.0. The molecule has 168 valence electrons. The topological polar surface area (TPSA) is 86.8 Å². The molecule has 1 saturated heterocycles. The van der Waals surface area contributed by atoms with E-state index in [9.17, 15) is 9.59 Å². The number of carbonyl (C=O) groups excluding carboxylic acids is 1. The molecule has 2 aromatic heterocycles. The van der Waals surface area contributed by atoms with Crippen molar-refractivity contribution in [3.63, 3.8) is 0 Å². The van der Waals surface area contributed by atoms with Gasteiger partial charge in [0.25, 0.3) is 0 Å². The highest BCUT2D eigenvalue weighted by molar-refractivity contribution is 5.85. The Balaban J connectivity index is 1.36. The average molecular weight is 449 g/mol. The zero-order valence-electron chi connectivity index (χ0n) is 17.6. The molecule has 2 aromatic carbocycles. The number of aromatic nitrogens is 4. The van der Waals surface area contributed by atoms with Gasteiger partial charge in [0.05, 0.1) is 5.69 Å². The third-order valence-corrected chi connectivity index (χ3v) is 6.63. The van der Waals surface area contributed by atoms with Crippen LogP contribution in [0.5, 0.6) is 0 Å². The van der Waals surface area contributed by atoms with Gasteiger partial charge in [-0.3, -0.25) is 4.79 Å². The molecule has 7 nitrogen and oxygen atoms in total. The van der Waals surface area contributed by atoms with Gasteiger partial charge in [-0.2, -0.15) is 5.10 Å². The Bertz CT molecular complexity index is 1450. The van der Waals surface area contributed by atoms with Crippen LogP contribution in [0.2, 0.25) is 0 Å². The van der Waals surface area contributed by atoms with Gasteiger partial charge in [0.15, 0.2) is 0 Å². The summed E-state index contributed by atoms with van der Waals surface area (Å²) in [6.45, 7) is 0.982. The zero-order chi connectivity index (χ0) is 22.7. The first-order valence-corrected chi connectivity index (χ1v) is 11.0. The summed E-state index contributed by atoms with van der Waals surface area (Å²) in [6, 6.07) is 9.36. The van der Waals surface area contributed by atoms with Crippen LogP contribution in [0.15, 0.2) is 47.4 Å². The van der Waals surface area contributed by atoms with Crippen molar-refractivity contribution < 1.29 is 13.6 Å². The van der Waals surface area contributed by atoms with Gasteiger partial charge in [-0.1, -0.05) is 12.1 Å². The lowest BCUT2D eigenvalue weighted by molar-refractivity contribution is -0.131. The lowest BCUT2D eigenvalue weighted by Crippen LogP contribution is -2.30. The number of halogens is 2. The van der Waals surface area contributed by atoms with Crippen molar-refractivity contribution >= 4 is 16.8 Å². The van der Waals surface area contributed by atoms with Gasteiger partial charge >= 0.3 is 5.69 Å². The van der Waals surface area contributed by atoms with Crippen molar-refractivity contribution in [3.05, 3.63) is 70.5 Å². The summed E-state index contributed by atoms with van der Waals surface area (Å²) in [5.74, 6) is -1.06. The summed E-state index contributed by atoms with van der Waals surface area (Å²) in [4.78, 5) is 29.8. The summed E-state index contributed by atoms with van der Waals surface area (Å²) in [7, 11) is 0. The van der Waals surface area contributed by atoms with Gasteiger partial charge in [0.2, 0.25) is 5.91 Å². The molecule has 0 radical (unpaired) electrons. The van der Waals surface area contributed by atoms with E-state index in [0.29, 0.717) is 30.9 Å². The number of amides is 1. The standard InChI is InChI=1S/C24H21F2N5O2/c25-18-11-21(19(26)10-17(18)15-4-1-13-5-7-27-20(13)9-15)31-22(28-29-24(31)33)16-6-8-30(12-16)23(32)14-2-3-14/h1,4-5,7,9-11,14,16,27H,2-3,6,8,12H2,(H,29,33). The van der Waals surface area contributed by atoms with Crippen molar-refractivity contribution in [2.45, 2.75) is 25.2 Å². The highest BCUT2D eigenvalue weighted by atomic mass is 19.1. The fourth-order valence-electron chi connectivity index (χ4n) is 4.72. The number of aromatic amines is 2. The minimum Gasteiger partial charge on any atom is -0.361 e. The fraction of sp³-hybridized carbons (Fsp3) is 0.292. The van der Waals surface area contributed by atoms with Crippen LogP contribution in [0.25, 0.3) is 27.7 Å². The molecule has 1 amide bonds. The van der Waals surface area contributed by atoms with Crippen LogP contribution in [0.3, 0.4) is 0 Å². The SMILES string of the molecule is O=C(C1CC1)N1CCC(c2n[nH]c(=O)n2-c2cc(F)c(-c3ccc4cc[nH]c4c3)cc2F)C1. The number of H-pyrrole nitrogens is 2. The Morgan fingerprint density at radius 1 is 1.06 bits per heavy atom. The molecule has 0 spiro atoms. The van der Waals surface area contributed by atoms with Gasteiger partial charge < -0.3 is 9.88 Å². The van der Waals surface area contributed by atoms with Crippen molar-refractivity contribution in [1.82, 2.24) is 24.6 Å². The van der Waals surface area contributed by atoms with E-state index in [1.807, 2.05) is 12.1 Å². The largest absolute Gasteiger partial charge is 0.361 e. The Labute approximate surface area is 187 Å². The van der Waals surface area contributed by atoms with Crippen LogP contribution in [0.1, 0.15) is 31.0 Å². The average Bonchev–Trinajstić information content (AvgIpc) is 3.19. The molecule has 2 N–H and O–H groups in total. The smallest absolute Gasteiger partial charge is 0.348 e. The first-order valence-electron chi connectivity index (χ1n) is 11.0. The molecule has 2 fully saturated rings. The number of hydrogen-bond donors (Lipinski definition) is 2. The number of nitrogens with one attached hydrogen (secondary N) is 2. The van der Waals surface area contributed by atoms with E-state index in [2.05, 4.69) is 15.2 Å². The van der Waals surface area contributed by atoms with E-state index >= 15 is 8.78 Å². The van der Waals surface area contributed by atoms with Crippen LogP contribution in [-0.2, 0) is 4.79 Å². The van der Waals surface area contributed by atoms with Crippen LogP contribution >= 0.6 is 0 Å². The van der Waals surface area contributed by atoms with E-state index in [1.54, 1.807) is 23.2 Å². The molecule has 0 bridgehead atoms. The minimum atomic E-state index is -0.730. The Hall–Kier alpha value is -3.75. The first kappa shape index (κ1) is 19.9. The second-order valence-electron chi connectivity index (χ2n) is 8.83. The van der Waals surface area contributed by atoms with Gasteiger partial charge in [-0.25, -0.2) is 23.2 Å². The van der Waals surface area contributed by atoms with Crippen molar-refractivity contribution in [3.8, 4) is 16.8 Å². The number of hydrogen-bond acceptors (Lipinski definition) is 3. The number of nitrogens with zero attached hydrogens (tertiary/aromatic N) is 3. The quantitative estimate of drug-likeness (QED) is 0.498.